The summed E-state index contributed by atoms with van der Waals surface area (Å²) in [6.45, 7) is 7.31. The van der Waals surface area contributed by atoms with E-state index in [1.807, 2.05) is 36.6 Å². The maximum Gasteiger partial charge on any atom is 0.252 e. The molecule has 0 bridgehead atoms. The molecule has 1 N–H and O–H groups in total. The topological polar surface area (TPSA) is 110 Å². The summed E-state index contributed by atoms with van der Waals surface area (Å²) >= 11 is 1.36. The second kappa shape index (κ2) is 11.7. The third-order valence-electron chi connectivity index (χ3n) is 6.26. The summed E-state index contributed by atoms with van der Waals surface area (Å²) in [5, 5.41) is 2.78. The number of piperidine rings is 1. The molecule has 3 aromatic rings. The number of sulfonamides is 1. The molecule has 2 heterocycles. The number of benzene rings is 2. The van der Waals surface area contributed by atoms with E-state index in [-0.39, 0.29) is 23.3 Å². The Kier molecular flexibility index (Phi) is 8.58. The fraction of sp³-hybridized carbons (Fsp3) is 0.423. The van der Waals surface area contributed by atoms with Crippen molar-refractivity contribution in [2.45, 2.75) is 45.1 Å². The minimum Gasteiger partial charge on any atom is -0.380 e. The Morgan fingerprint density at radius 3 is 2.65 bits per heavy atom. The SMILES string of the molecule is CCOCCn1c(=NC(=O)C2CCCN(S(=O)(=O)c3ccc(C)cc3)C2)sc2cc(NC(C)=O)ccc21. The van der Waals surface area contributed by atoms with Crippen molar-refractivity contribution in [3.8, 4) is 0 Å². The number of rotatable bonds is 8. The predicted molar refractivity (Wildman–Crippen MR) is 144 cm³/mol. The van der Waals surface area contributed by atoms with Crippen LogP contribution in [0.3, 0.4) is 0 Å². The molecule has 198 valence electrons. The third kappa shape index (κ3) is 6.35. The van der Waals surface area contributed by atoms with Gasteiger partial charge in [-0.05, 0) is 57.0 Å². The molecule has 37 heavy (non-hydrogen) atoms. The monoisotopic (exact) mass is 544 g/mol. The Labute approximate surface area is 220 Å². The van der Waals surface area contributed by atoms with Gasteiger partial charge in [-0.15, -0.1) is 0 Å². The van der Waals surface area contributed by atoms with Gasteiger partial charge in [-0.2, -0.15) is 9.30 Å². The fourth-order valence-corrected chi connectivity index (χ4v) is 6.99. The quantitative estimate of drug-likeness (QED) is 0.436. The smallest absolute Gasteiger partial charge is 0.252 e. The summed E-state index contributed by atoms with van der Waals surface area (Å²) in [5.41, 5.74) is 2.53. The Balaban J connectivity index is 1.62. The molecule has 1 atom stereocenters. The summed E-state index contributed by atoms with van der Waals surface area (Å²) in [4.78, 5) is 30.0. The predicted octanol–water partition coefficient (Wildman–Crippen LogP) is 3.53. The van der Waals surface area contributed by atoms with Crippen LogP contribution in [0.25, 0.3) is 10.2 Å². The fourth-order valence-electron chi connectivity index (χ4n) is 4.36. The van der Waals surface area contributed by atoms with Gasteiger partial charge in [0.1, 0.15) is 0 Å². The number of amides is 2. The molecule has 1 fully saturated rings. The molecule has 1 aliphatic rings. The summed E-state index contributed by atoms with van der Waals surface area (Å²) in [7, 11) is -3.69. The number of ether oxygens (including phenoxy) is 1. The molecule has 9 nitrogen and oxygen atoms in total. The molecule has 1 unspecified atom stereocenters. The number of fused-ring (bicyclic) bond motifs is 1. The lowest BCUT2D eigenvalue weighted by Crippen LogP contribution is -2.42. The van der Waals surface area contributed by atoms with E-state index in [1.165, 1.54) is 22.6 Å². The van der Waals surface area contributed by atoms with Crippen molar-refractivity contribution in [1.82, 2.24) is 8.87 Å². The van der Waals surface area contributed by atoms with Crippen LogP contribution in [0.1, 0.15) is 32.3 Å². The third-order valence-corrected chi connectivity index (χ3v) is 9.18. The standard InChI is InChI=1S/C26H32N4O5S2/c1-4-35-15-14-30-23-12-9-21(27-19(3)31)16-24(23)36-26(30)28-25(32)20-6-5-13-29(17-20)37(33,34)22-10-7-18(2)8-11-22/h7-12,16,20H,4-6,13-15,17H2,1-3H3,(H,27,31). The maximum atomic E-state index is 13.3. The molecular formula is C26H32N4O5S2. The van der Waals surface area contributed by atoms with Gasteiger partial charge >= 0.3 is 0 Å². The first kappa shape index (κ1) is 27.2. The lowest BCUT2D eigenvalue weighted by molar-refractivity contribution is -0.123. The maximum absolute atomic E-state index is 13.3. The first-order valence-corrected chi connectivity index (χ1v) is 14.6. The van der Waals surface area contributed by atoms with Crippen molar-refractivity contribution in [3.05, 3.63) is 52.8 Å². The first-order valence-electron chi connectivity index (χ1n) is 12.3. The van der Waals surface area contributed by atoms with Gasteiger partial charge in [-0.3, -0.25) is 9.59 Å². The van der Waals surface area contributed by atoms with Gasteiger partial charge in [0.2, 0.25) is 15.9 Å². The minimum absolute atomic E-state index is 0.106. The van der Waals surface area contributed by atoms with Crippen LogP contribution in [0.15, 0.2) is 52.4 Å². The minimum atomic E-state index is -3.69. The number of nitrogens with one attached hydrogen (secondary N) is 1. The molecule has 0 aliphatic carbocycles. The first-order chi connectivity index (χ1) is 17.7. The van der Waals surface area contributed by atoms with Crippen LogP contribution in [-0.4, -0.2) is 55.4 Å². The lowest BCUT2D eigenvalue weighted by Gasteiger charge is -2.30. The summed E-state index contributed by atoms with van der Waals surface area (Å²) in [6, 6.07) is 12.3. The molecule has 1 aromatic heterocycles. The van der Waals surface area contributed by atoms with Crippen LogP contribution in [-0.2, 0) is 30.9 Å². The zero-order valence-corrected chi connectivity index (χ0v) is 22.9. The highest BCUT2D eigenvalue weighted by Crippen LogP contribution is 2.26. The number of nitrogens with zero attached hydrogens (tertiary/aromatic N) is 3. The van der Waals surface area contributed by atoms with Gasteiger partial charge < -0.3 is 14.6 Å². The zero-order chi connectivity index (χ0) is 26.6. The van der Waals surface area contributed by atoms with Crippen LogP contribution in [0.4, 0.5) is 5.69 Å². The number of carbonyl (C=O) groups is 2. The molecule has 0 spiro atoms. The number of carbonyl (C=O) groups excluding carboxylic acids is 2. The van der Waals surface area contributed by atoms with E-state index in [9.17, 15) is 18.0 Å². The van der Waals surface area contributed by atoms with Crippen LogP contribution in [0, 0.1) is 12.8 Å². The largest absolute Gasteiger partial charge is 0.380 e. The van der Waals surface area contributed by atoms with Gasteiger partial charge in [-0.25, -0.2) is 8.42 Å². The van der Waals surface area contributed by atoms with Crippen molar-refractivity contribution in [2.75, 3.05) is 31.6 Å². The van der Waals surface area contributed by atoms with E-state index < -0.39 is 15.9 Å². The molecule has 4 rings (SSSR count). The summed E-state index contributed by atoms with van der Waals surface area (Å²) in [5.74, 6) is -1.01. The number of aryl methyl sites for hydroxylation is 1. The molecule has 0 saturated carbocycles. The van der Waals surface area contributed by atoms with Crippen LogP contribution in [0.5, 0.6) is 0 Å². The second-order valence-electron chi connectivity index (χ2n) is 9.06. The Bertz CT molecular complexity index is 1460. The molecule has 1 aliphatic heterocycles. The lowest BCUT2D eigenvalue weighted by atomic mass is 9.99. The zero-order valence-electron chi connectivity index (χ0n) is 21.3. The number of anilines is 1. The van der Waals surface area contributed by atoms with E-state index >= 15 is 0 Å². The second-order valence-corrected chi connectivity index (χ2v) is 12.0. The van der Waals surface area contributed by atoms with E-state index in [0.717, 1.165) is 15.8 Å². The van der Waals surface area contributed by atoms with Gasteiger partial charge in [0.05, 0.1) is 27.6 Å². The van der Waals surface area contributed by atoms with Crippen molar-refractivity contribution in [2.24, 2.45) is 10.9 Å². The number of hydrogen-bond donors (Lipinski definition) is 1. The van der Waals surface area contributed by atoms with Crippen LogP contribution >= 0.6 is 11.3 Å². The van der Waals surface area contributed by atoms with Gasteiger partial charge in [0.25, 0.3) is 5.91 Å². The Morgan fingerprint density at radius 1 is 1.19 bits per heavy atom. The van der Waals surface area contributed by atoms with Crippen molar-refractivity contribution in [1.29, 1.82) is 0 Å². The molecule has 0 radical (unpaired) electrons. The number of aromatic nitrogens is 1. The van der Waals surface area contributed by atoms with Gasteiger partial charge in [0, 0.05) is 38.9 Å². The highest BCUT2D eigenvalue weighted by atomic mass is 32.2. The van der Waals surface area contributed by atoms with Crippen LogP contribution in [0.2, 0.25) is 0 Å². The average Bonchev–Trinajstić information content (AvgIpc) is 3.20. The van der Waals surface area contributed by atoms with Gasteiger partial charge in [-0.1, -0.05) is 29.0 Å². The van der Waals surface area contributed by atoms with E-state index in [4.69, 9.17) is 4.74 Å². The molecular weight excluding hydrogens is 512 g/mol. The van der Waals surface area contributed by atoms with E-state index in [1.54, 1.807) is 24.3 Å². The normalized spacial score (nSPS) is 17.3. The van der Waals surface area contributed by atoms with Crippen molar-refractivity contribution < 1.29 is 22.7 Å². The van der Waals surface area contributed by atoms with E-state index in [0.29, 0.717) is 49.6 Å². The summed E-state index contributed by atoms with van der Waals surface area (Å²) < 4.78 is 36.1. The molecule has 2 amide bonds. The van der Waals surface area contributed by atoms with Gasteiger partial charge in [0.15, 0.2) is 4.80 Å². The highest BCUT2D eigenvalue weighted by molar-refractivity contribution is 7.89. The summed E-state index contributed by atoms with van der Waals surface area (Å²) in [6.07, 6.45) is 1.17. The molecule has 11 heteroatoms. The van der Waals surface area contributed by atoms with Crippen molar-refractivity contribution >= 4 is 49.1 Å². The Hall–Kier alpha value is -2.86. The van der Waals surface area contributed by atoms with Crippen molar-refractivity contribution in [3.63, 3.8) is 0 Å². The van der Waals surface area contributed by atoms with E-state index in [2.05, 4.69) is 10.3 Å². The number of hydrogen-bond acceptors (Lipinski definition) is 6. The van der Waals surface area contributed by atoms with Crippen LogP contribution < -0.4 is 10.1 Å². The highest BCUT2D eigenvalue weighted by Gasteiger charge is 2.33. The number of thiazole rings is 1. The average molecular weight is 545 g/mol. The molecule has 1 saturated heterocycles. The Morgan fingerprint density at radius 2 is 1.95 bits per heavy atom. The molecule has 2 aromatic carbocycles.